The van der Waals surface area contributed by atoms with Crippen LogP contribution in [0.1, 0.15) is 25.7 Å². The first-order chi connectivity index (χ1) is 9.90. The standard InChI is InChI=1S/C13H20N4O3S/c1-21(19,20)17-10-2-5-12(11-17)13(18)16(8-3-6-14)9-4-7-15/h12H,2-5,8-11H2,1H3/t12-/m1/s1. The van der Waals surface area contributed by atoms with E-state index in [1.807, 2.05) is 12.1 Å². The van der Waals surface area contributed by atoms with Gasteiger partial charge < -0.3 is 4.90 Å². The predicted octanol–water partition coefficient (Wildman–Crippen LogP) is 0.314. The van der Waals surface area contributed by atoms with Gasteiger partial charge in [0.15, 0.2) is 0 Å². The van der Waals surface area contributed by atoms with Crippen molar-refractivity contribution in [1.82, 2.24) is 9.21 Å². The van der Waals surface area contributed by atoms with Crippen LogP contribution in [0.3, 0.4) is 0 Å². The van der Waals surface area contributed by atoms with Crippen LogP contribution in [0.25, 0.3) is 0 Å². The minimum Gasteiger partial charge on any atom is -0.340 e. The molecule has 0 saturated carbocycles. The van der Waals surface area contributed by atoms with E-state index in [1.54, 1.807) is 0 Å². The van der Waals surface area contributed by atoms with Gasteiger partial charge in [-0.05, 0) is 12.8 Å². The molecular formula is C13H20N4O3S. The molecule has 1 fully saturated rings. The molecule has 1 amide bonds. The summed E-state index contributed by atoms with van der Waals surface area (Å²) < 4.78 is 24.5. The summed E-state index contributed by atoms with van der Waals surface area (Å²) >= 11 is 0. The second-order valence-electron chi connectivity index (χ2n) is 5.10. The highest BCUT2D eigenvalue weighted by molar-refractivity contribution is 7.88. The van der Waals surface area contributed by atoms with Crippen molar-refractivity contribution in [3.05, 3.63) is 0 Å². The fourth-order valence-corrected chi connectivity index (χ4v) is 3.32. The maximum Gasteiger partial charge on any atom is 0.227 e. The van der Waals surface area contributed by atoms with E-state index in [0.29, 0.717) is 19.4 Å². The van der Waals surface area contributed by atoms with Crippen LogP contribution in [0.4, 0.5) is 0 Å². The van der Waals surface area contributed by atoms with Crippen LogP contribution < -0.4 is 0 Å². The summed E-state index contributed by atoms with van der Waals surface area (Å²) in [5.41, 5.74) is 0. The first-order valence-corrected chi connectivity index (χ1v) is 8.72. The van der Waals surface area contributed by atoms with Crippen LogP contribution in [0.15, 0.2) is 0 Å². The fourth-order valence-electron chi connectivity index (χ4n) is 2.41. The van der Waals surface area contributed by atoms with Gasteiger partial charge in [-0.25, -0.2) is 12.7 Å². The molecule has 0 aliphatic carbocycles. The van der Waals surface area contributed by atoms with E-state index in [9.17, 15) is 13.2 Å². The zero-order valence-corrected chi connectivity index (χ0v) is 13.0. The number of hydrogen-bond acceptors (Lipinski definition) is 5. The van der Waals surface area contributed by atoms with Gasteiger partial charge in [-0.15, -0.1) is 0 Å². The predicted molar refractivity (Wildman–Crippen MR) is 76.2 cm³/mol. The van der Waals surface area contributed by atoms with Crippen LogP contribution in [-0.2, 0) is 14.8 Å². The smallest absolute Gasteiger partial charge is 0.227 e. The molecule has 0 aromatic carbocycles. The number of carbonyl (C=O) groups is 1. The average Bonchev–Trinajstić information content (AvgIpc) is 2.46. The largest absolute Gasteiger partial charge is 0.340 e. The third-order valence-electron chi connectivity index (χ3n) is 3.50. The topological polar surface area (TPSA) is 105 Å². The SMILES string of the molecule is CS(=O)(=O)N1CCC[C@@H](C(=O)N(CCC#N)CCC#N)C1. The van der Waals surface area contributed by atoms with Crippen LogP contribution in [0, 0.1) is 28.6 Å². The van der Waals surface area contributed by atoms with Crippen LogP contribution >= 0.6 is 0 Å². The molecule has 1 aliphatic rings. The van der Waals surface area contributed by atoms with Crippen molar-refractivity contribution in [2.24, 2.45) is 5.92 Å². The molecule has 7 nitrogen and oxygen atoms in total. The normalized spacial score (nSPS) is 19.5. The van der Waals surface area contributed by atoms with Gasteiger partial charge in [-0.1, -0.05) is 0 Å². The Labute approximate surface area is 125 Å². The van der Waals surface area contributed by atoms with Crippen molar-refractivity contribution in [3.8, 4) is 12.1 Å². The molecule has 0 N–H and O–H groups in total. The molecule has 0 aromatic rings. The van der Waals surface area contributed by atoms with Gasteiger partial charge in [0.1, 0.15) is 0 Å². The van der Waals surface area contributed by atoms with Gasteiger partial charge in [-0.2, -0.15) is 10.5 Å². The molecule has 0 bridgehead atoms. The zero-order chi connectivity index (χ0) is 15.9. The number of carbonyl (C=O) groups excluding carboxylic acids is 1. The molecule has 116 valence electrons. The second kappa shape index (κ2) is 7.96. The molecule has 1 aliphatic heterocycles. The number of sulfonamides is 1. The maximum absolute atomic E-state index is 12.5. The van der Waals surface area contributed by atoms with E-state index in [2.05, 4.69) is 0 Å². The zero-order valence-electron chi connectivity index (χ0n) is 12.2. The lowest BCUT2D eigenvalue weighted by Gasteiger charge is -2.33. The van der Waals surface area contributed by atoms with E-state index in [1.165, 1.54) is 9.21 Å². The van der Waals surface area contributed by atoms with E-state index >= 15 is 0 Å². The maximum atomic E-state index is 12.5. The van der Waals surface area contributed by atoms with E-state index < -0.39 is 10.0 Å². The number of piperidine rings is 1. The number of nitrogens with zero attached hydrogens (tertiary/aromatic N) is 4. The van der Waals surface area contributed by atoms with Gasteiger partial charge in [-0.3, -0.25) is 4.79 Å². The third-order valence-corrected chi connectivity index (χ3v) is 4.77. The summed E-state index contributed by atoms with van der Waals surface area (Å²) in [4.78, 5) is 14.0. The lowest BCUT2D eigenvalue weighted by molar-refractivity contribution is -0.136. The molecule has 1 atom stereocenters. The van der Waals surface area contributed by atoms with Crippen molar-refractivity contribution in [3.63, 3.8) is 0 Å². The summed E-state index contributed by atoms with van der Waals surface area (Å²) in [6.45, 7) is 1.20. The Bertz CT molecular complexity index is 529. The van der Waals surface area contributed by atoms with Crippen LogP contribution in [0.2, 0.25) is 0 Å². The number of hydrogen-bond donors (Lipinski definition) is 0. The highest BCUT2D eigenvalue weighted by Crippen LogP contribution is 2.21. The summed E-state index contributed by atoms with van der Waals surface area (Å²) in [7, 11) is -3.29. The average molecular weight is 312 g/mol. The second-order valence-corrected chi connectivity index (χ2v) is 7.08. The molecule has 0 radical (unpaired) electrons. The molecule has 0 spiro atoms. The Morgan fingerprint density at radius 1 is 1.29 bits per heavy atom. The lowest BCUT2D eigenvalue weighted by Crippen LogP contribution is -2.46. The van der Waals surface area contributed by atoms with Crippen molar-refractivity contribution in [2.45, 2.75) is 25.7 Å². The summed E-state index contributed by atoms with van der Waals surface area (Å²) in [5.74, 6) is -0.542. The molecule has 1 heterocycles. The van der Waals surface area contributed by atoms with Gasteiger partial charge in [0, 0.05) is 26.2 Å². The van der Waals surface area contributed by atoms with E-state index in [-0.39, 0.29) is 44.3 Å². The van der Waals surface area contributed by atoms with Gasteiger partial charge in [0.05, 0.1) is 37.2 Å². The number of amides is 1. The van der Waals surface area contributed by atoms with Crippen LogP contribution in [-0.4, -0.2) is 56.0 Å². The molecule has 1 saturated heterocycles. The molecule has 21 heavy (non-hydrogen) atoms. The van der Waals surface area contributed by atoms with Crippen molar-refractivity contribution >= 4 is 15.9 Å². The first kappa shape index (κ1) is 17.4. The summed E-state index contributed by atoms with van der Waals surface area (Å²) in [5, 5.41) is 17.3. The first-order valence-electron chi connectivity index (χ1n) is 6.88. The molecule has 1 rings (SSSR count). The molecule has 8 heteroatoms. The Balaban J connectivity index is 2.73. The van der Waals surface area contributed by atoms with E-state index in [4.69, 9.17) is 10.5 Å². The Morgan fingerprint density at radius 2 is 1.86 bits per heavy atom. The third kappa shape index (κ3) is 5.33. The highest BCUT2D eigenvalue weighted by Gasteiger charge is 2.32. The molecular weight excluding hydrogens is 292 g/mol. The highest BCUT2D eigenvalue weighted by atomic mass is 32.2. The molecule has 0 aromatic heterocycles. The summed E-state index contributed by atoms with van der Waals surface area (Å²) in [6.07, 6.45) is 2.84. The van der Waals surface area contributed by atoms with Gasteiger partial charge in [0.2, 0.25) is 15.9 Å². The monoisotopic (exact) mass is 312 g/mol. The van der Waals surface area contributed by atoms with Gasteiger partial charge >= 0.3 is 0 Å². The minimum atomic E-state index is -3.29. The Hall–Kier alpha value is -1.64. The van der Waals surface area contributed by atoms with Crippen molar-refractivity contribution in [2.75, 3.05) is 32.4 Å². The Morgan fingerprint density at radius 3 is 2.33 bits per heavy atom. The Kier molecular flexibility index (Phi) is 6.60. The van der Waals surface area contributed by atoms with Crippen molar-refractivity contribution in [1.29, 1.82) is 10.5 Å². The van der Waals surface area contributed by atoms with Crippen LogP contribution in [0.5, 0.6) is 0 Å². The van der Waals surface area contributed by atoms with Gasteiger partial charge in [0.25, 0.3) is 0 Å². The quantitative estimate of drug-likeness (QED) is 0.702. The van der Waals surface area contributed by atoms with E-state index in [0.717, 1.165) is 6.26 Å². The number of nitriles is 2. The summed E-state index contributed by atoms with van der Waals surface area (Å²) in [6, 6.07) is 3.96. The number of rotatable bonds is 6. The van der Waals surface area contributed by atoms with Crippen molar-refractivity contribution < 1.29 is 13.2 Å². The fraction of sp³-hybridized carbons (Fsp3) is 0.769. The molecule has 0 unspecified atom stereocenters. The minimum absolute atomic E-state index is 0.158. The lowest BCUT2D eigenvalue weighted by atomic mass is 9.98.